The number of nitrogens with one attached hydrogen (secondary N) is 2. The van der Waals surface area contributed by atoms with E-state index in [0.29, 0.717) is 19.4 Å². The summed E-state index contributed by atoms with van der Waals surface area (Å²) in [6, 6.07) is 0. The van der Waals surface area contributed by atoms with Gasteiger partial charge in [0.1, 0.15) is 0 Å². The summed E-state index contributed by atoms with van der Waals surface area (Å²) in [5, 5.41) is 6.11. The lowest BCUT2D eigenvalue weighted by Crippen LogP contribution is -2.53. The lowest BCUT2D eigenvalue weighted by Gasteiger charge is -2.40. The van der Waals surface area contributed by atoms with E-state index in [9.17, 15) is 9.59 Å². The quantitative estimate of drug-likeness (QED) is 0.734. The summed E-state index contributed by atoms with van der Waals surface area (Å²) < 4.78 is 0. The van der Waals surface area contributed by atoms with Crippen LogP contribution < -0.4 is 10.6 Å². The van der Waals surface area contributed by atoms with Crippen molar-refractivity contribution in [3.05, 3.63) is 0 Å². The fourth-order valence-corrected chi connectivity index (χ4v) is 2.67. The molecule has 0 radical (unpaired) electrons. The third-order valence-electron chi connectivity index (χ3n) is 4.40. The average molecular weight is 253 g/mol. The number of hydrogen-bond acceptors (Lipinski definition) is 3. The van der Waals surface area contributed by atoms with Crippen LogP contribution in [-0.4, -0.2) is 48.9 Å². The van der Waals surface area contributed by atoms with E-state index in [1.165, 1.54) is 0 Å². The first-order valence-electron chi connectivity index (χ1n) is 6.78. The van der Waals surface area contributed by atoms with Crippen LogP contribution in [0.4, 0.5) is 0 Å². The van der Waals surface area contributed by atoms with Crippen molar-refractivity contribution in [3.8, 4) is 0 Å². The zero-order chi connectivity index (χ0) is 13.2. The Kier molecular flexibility index (Phi) is 3.90. The Morgan fingerprint density at radius 3 is 2.61 bits per heavy atom. The van der Waals surface area contributed by atoms with E-state index in [1.807, 2.05) is 11.9 Å². The number of nitrogens with zero attached hydrogens (tertiary/aromatic N) is 1. The molecule has 0 aromatic carbocycles. The van der Waals surface area contributed by atoms with Gasteiger partial charge in [-0.2, -0.15) is 0 Å². The van der Waals surface area contributed by atoms with E-state index < -0.39 is 0 Å². The molecule has 2 heterocycles. The molecule has 2 aliphatic heterocycles. The lowest BCUT2D eigenvalue weighted by atomic mass is 9.88. The fraction of sp³-hybridized carbons (Fsp3) is 0.846. The van der Waals surface area contributed by atoms with Crippen molar-refractivity contribution in [1.82, 2.24) is 15.5 Å². The van der Waals surface area contributed by atoms with Crippen LogP contribution in [0.1, 0.15) is 32.6 Å². The van der Waals surface area contributed by atoms with Crippen molar-refractivity contribution in [2.24, 2.45) is 5.92 Å². The van der Waals surface area contributed by atoms with Crippen LogP contribution in [0.25, 0.3) is 0 Å². The van der Waals surface area contributed by atoms with Crippen LogP contribution in [0.2, 0.25) is 0 Å². The summed E-state index contributed by atoms with van der Waals surface area (Å²) >= 11 is 0. The summed E-state index contributed by atoms with van der Waals surface area (Å²) in [5.74, 6) is 0.273. The molecule has 0 aromatic heterocycles. The fourth-order valence-electron chi connectivity index (χ4n) is 2.67. The normalized spacial score (nSPS) is 27.8. The van der Waals surface area contributed by atoms with Gasteiger partial charge in [-0.1, -0.05) is 0 Å². The molecular formula is C13H23N3O2. The third-order valence-corrected chi connectivity index (χ3v) is 4.40. The second-order valence-electron chi connectivity index (χ2n) is 5.68. The zero-order valence-corrected chi connectivity index (χ0v) is 11.3. The molecule has 2 rings (SSSR count). The van der Waals surface area contributed by atoms with E-state index in [2.05, 4.69) is 17.6 Å². The van der Waals surface area contributed by atoms with Crippen molar-refractivity contribution >= 4 is 11.8 Å². The number of hydrogen-bond donors (Lipinski definition) is 2. The number of amides is 2. The SMILES string of the molecule is CNC1(C)CCN(C(=O)C2CCC(=O)NC2)CC1. The summed E-state index contributed by atoms with van der Waals surface area (Å²) in [6.45, 7) is 4.36. The van der Waals surface area contributed by atoms with Crippen molar-refractivity contribution < 1.29 is 9.59 Å². The molecule has 102 valence electrons. The first-order valence-corrected chi connectivity index (χ1v) is 6.78. The molecule has 5 heteroatoms. The van der Waals surface area contributed by atoms with Crippen molar-refractivity contribution in [3.63, 3.8) is 0 Å². The molecule has 2 aliphatic rings. The smallest absolute Gasteiger partial charge is 0.227 e. The topological polar surface area (TPSA) is 61.4 Å². The Morgan fingerprint density at radius 2 is 2.11 bits per heavy atom. The molecule has 5 nitrogen and oxygen atoms in total. The molecule has 2 N–H and O–H groups in total. The van der Waals surface area contributed by atoms with Gasteiger partial charge in [-0.15, -0.1) is 0 Å². The van der Waals surface area contributed by atoms with E-state index in [4.69, 9.17) is 0 Å². The van der Waals surface area contributed by atoms with Crippen LogP contribution in [0.15, 0.2) is 0 Å². The molecule has 18 heavy (non-hydrogen) atoms. The zero-order valence-electron chi connectivity index (χ0n) is 11.3. The summed E-state index contributed by atoms with van der Waals surface area (Å²) in [7, 11) is 1.98. The van der Waals surface area contributed by atoms with Gasteiger partial charge in [-0.05, 0) is 33.2 Å². The Bertz CT molecular complexity index is 325. The van der Waals surface area contributed by atoms with Gasteiger partial charge in [0, 0.05) is 31.6 Å². The molecular weight excluding hydrogens is 230 g/mol. The maximum atomic E-state index is 12.3. The highest BCUT2D eigenvalue weighted by atomic mass is 16.2. The van der Waals surface area contributed by atoms with Gasteiger partial charge < -0.3 is 15.5 Å². The predicted molar refractivity (Wildman–Crippen MR) is 69.0 cm³/mol. The summed E-state index contributed by atoms with van der Waals surface area (Å²) in [4.78, 5) is 25.4. The molecule has 0 aromatic rings. The van der Waals surface area contributed by atoms with E-state index in [1.54, 1.807) is 0 Å². The summed E-state index contributed by atoms with van der Waals surface area (Å²) in [5.41, 5.74) is 0.164. The minimum absolute atomic E-state index is 0.0124. The Balaban J connectivity index is 1.86. The second kappa shape index (κ2) is 5.26. The number of carbonyl (C=O) groups is 2. The molecule has 0 spiro atoms. The highest BCUT2D eigenvalue weighted by Gasteiger charge is 2.34. The van der Waals surface area contributed by atoms with Gasteiger partial charge in [0.25, 0.3) is 0 Å². The minimum Gasteiger partial charge on any atom is -0.355 e. The molecule has 0 saturated carbocycles. The monoisotopic (exact) mass is 253 g/mol. The standard InChI is InChI=1S/C13H23N3O2/c1-13(14-2)5-7-16(8-6-13)12(18)10-3-4-11(17)15-9-10/h10,14H,3-9H2,1-2H3,(H,15,17). The van der Waals surface area contributed by atoms with Gasteiger partial charge in [0.05, 0.1) is 5.92 Å². The lowest BCUT2D eigenvalue weighted by molar-refractivity contribution is -0.139. The van der Waals surface area contributed by atoms with Crippen molar-refractivity contribution in [1.29, 1.82) is 0 Å². The van der Waals surface area contributed by atoms with Gasteiger partial charge in [-0.25, -0.2) is 0 Å². The number of rotatable bonds is 2. The highest BCUT2D eigenvalue weighted by Crippen LogP contribution is 2.23. The van der Waals surface area contributed by atoms with Crippen LogP contribution >= 0.6 is 0 Å². The van der Waals surface area contributed by atoms with Gasteiger partial charge in [0.2, 0.25) is 11.8 Å². The second-order valence-corrected chi connectivity index (χ2v) is 5.68. The van der Waals surface area contributed by atoms with Crippen LogP contribution in [0.3, 0.4) is 0 Å². The van der Waals surface area contributed by atoms with Gasteiger partial charge in [-0.3, -0.25) is 9.59 Å². The highest BCUT2D eigenvalue weighted by molar-refractivity contribution is 5.83. The average Bonchev–Trinajstić information content (AvgIpc) is 2.40. The third kappa shape index (κ3) is 2.83. The molecule has 1 unspecified atom stereocenters. The maximum Gasteiger partial charge on any atom is 0.227 e. The van der Waals surface area contributed by atoms with Crippen molar-refractivity contribution in [2.75, 3.05) is 26.7 Å². The summed E-state index contributed by atoms with van der Waals surface area (Å²) in [6.07, 6.45) is 3.17. The molecule has 0 aliphatic carbocycles. The van der Waals surface area contributed by atoms with Gasteiger partial charge >= 0.3 is 0 Å². The van der Waals surface area contributed by atoms with E-state index >= 15 is 0 Å². The molecule has 2 saturated heterocycles. The first-order chi connectivity index (χ1) is 8.54. The van der Waals surface area contributed by atoms with E-state index in [-0.39, 0.29) is 23.3 Å². The Hall–Kier alpha value is -1.10. The number of carbonyl (C=O) groups excluding carboxylic acids is 2. The molecule has 1 atom stereocenters. The molecule has 2 fully saturated rings. The molecule has 2 amide bonds. The Labute approximate surface area is 108 Å². The minimum atomic E-state index is -0.0124. The van der Waals surface area contributed by atoms with E-state index in [0.717, 1.165) is 25.9 Å². The largest absolute Gasteiger partial charge is 0.355 e. The van der Waals surface area contributed by atoms with Crippen LogP contribution in [0.5, 0.6) is 0 Å². The predicted octanol–water partition coefficient (Wildman–Crippen LogP) is 0.113. The van der Waals surface area contributed by atoms with Crippen LogP contribution in [-0.2, 0) is 9.59 Å². The van der Waals surface area contributed by atoms with Gasteiger partial charge in [0.15, 0.2) is 0 Å². The van der Waals surface area contributed by atoms with Crippen molar-refractivity contribution in [2.45, 2.75) is 38.1 Å². The number of likely N-dealkylation sites (tertiary alicyclic amines) is 1. The Morgan fingerprint density at radius 1 is 1.44 bits per heavy atom. The van der Waals surface area contributed by atoms with Crippen LogP contribution in [0, 0.1) is 5.92 Å². The number of piperidine rings is 2. The maximum absolute atomic E-state index is 12.3. The first kappa shape index (κ1) is 13.3. The molecule has 0 bridgehead atoms.